The third-order valence-corrected chi connectivity index (χ3v) is 2.76. The third-order valence-electron chi connectivity index (χ3n) is 2.76. The van der Waals surface area contributed by atoms with Gasteiger partial charge in [-0.15, -0.1) is 0 Å². The number of carbonyl (C=O) groups is 1. The maximum atomic E-state index is 11.7. The summed E-state index contributed by atoms with van der Waals surface area (Å²) in [6, 6.07) is -0.221. The maximum absolute atomic E-state index is 11.7. The molecule has 3 N–H and O–H groups in total. The van der Waals surface area contributed by atoms with Crippen LogP contribution in [0.4, 0.5) is 0 Å². The summed E-state index contributed by atoms with van der Waals surface area (Å²) in [5, 5.41) is 8.89. The molecule has 1 rings (SSSR count). The molecule has 0 spiro atoms. The van der Waals surface area contributed by atoms with Crippen molar-refractivity contribution in [1.29, 1.82) is 0 Å². The molecule has 1 saturated heterocycles. The second-order valence-corrected chi connectivity index (χ2v) is 3.98. The molecule has 2 unspecified atom stereocenters. The lowest BCUT2D eigenvalue weighted by atomic mass is 9.99. The number of rotatable bonds is 3. The third kappa shape index (κ3) is 2.69. The second kappa shape index (κ2) is 5.32. The van der Waals surface area contributed by atoms with E-state index in [2.05, 4.69) is 0 Å². The van der Waals surface area contributed by atoms with Gasteiger partial charge in [-0.1, -0.05) is 0 Å². The van der Waals surface area contributed by atoms with Crippen molar-refractivity contribution < 1.29 is 9.90 Å². The zero-order valence-electron chi connectivity index (χ0n) is 8.78. The molecule has 0 saturated carbocycles. The number of likely N-dealkylation sites (tertiary alicyclic amines) is 1. The van der Waals surface area contributed by atoms with Crippen LogP contribution in [0.15, 0.2) is 0 Å². The Morgan fingerprint density at radius 2 is 2.36 bits per heavy atom. The fourth-order valence-corrected chi connectivity index (χ4v) is 2.00. The maximum Gasteiger partial charge on any atom is 0.239 e. The van der Waals surface area contributed by atoms with Crippen molar-refractivity contribution in [3.63, 3.8) is 0 Å². The summed E-state index contributed by atoms with van der Waals surface area (Å²) in [4.78, 5) is 13.5. The van der Waals surface area contributed by atoms with E-state index in [-0.39, 0.29) is 18.6 Å². The summed E-state index contributed by atoms with van der Waals surface area (Å²) in [6.45, 7) is 2.66. The van der Waals surface area contributed by atoms with E-state index in [1.807, 2.05) is 4.90 Å². The Morgan fingerprint density at radius 1 is 1.64 bits per heavy atom. The molecule has 0 aromatic heterocycles. The van der Waals surface area contributed by atoms with E-state index in [1.54, 1.807) is 6.92 Å². The van der Waals surface area contributed by atoms with E-state index in [0.29, 0.717) is 6.42 Å². The molecule has 2 atom stereocenters. The predicted molar refractivity (Wildman–Crippen MR) is 54.7 cm³/mol. The number of nitrogens with zero attached hydrogens (tertiary/aromatic N) is 1. The Morgan fingerprint density at radius 3 is 2.93 bits per heavy atom. The quantitative estimate of drug-likeness (QED) is 0.679. The summed E-state index contributed by atoms with van der Waals surface area (Å²) in [5.41, 5.74) is 5.57. The van der Waals surface area contributed by atoms with Gasteiger partial charge in [0, 0.05) is 19.2 Å². The molecule has 0 aromatic carbocycles. The number of hydrogen-bond acceptors (Lipinski definition) is 3. The average Bonchev–Trinajstić information content (AvgIpc) is 2.18. The number of amides is 1. The van der Waals surface area contributed by atoms with Gasteiger partial charge in [0.05, 0.1) is 6.04 Å². The van der Waals surface area contributed by atoms with Crippen molar-refractivity contribution in [2.45, 2.75) is 44.7 Å². The van der Waals surface area contributed by atoms with Crippen molar-refractivity contribution in [3.8, 4) is 0 Å². The highest BCUT2D eigenvalue weighted by Crippen LogP contribution is 2.19. The number of nitrogens with two attached hydrogens (primary N) is 1. The lowest BCUT2D eigenvalue weighted by Crippen LogP contribution is -2.50. The summed E-state index contributed by atoms with van der Waals surface area (Å²) in [6.07, 6.45) is 3.88. The van der Waals surface area contributed by atoms with Gasteiger partial charge in [-0.05, 0) is 32.6 Å². The topological polar surface area (TPSA) is 66.6 Å². The Bertz CT molecular complexity index is 193. The first-order valence-corrected chi connectivity index (χ1v) is 5.33. The number of aliphatic hydroxyl groups is 1. The minimum Gasteiger partial charge on any atom is -0.396 e. The summed E-state index contributed by atoms with van der Waals surface area (Å²) in [7, 11) is 0. The van der Waals surface area contributed by atoms with Gasteiger partial charge in [-0.25, -0.2) is 0 Å². The first-order valence-electron chi connectivity index (χ1n) is 5.33. The lowest BCUT2D eigenvalue weighted by molar-refractivity contribution is -0.136. The number of aliphatic hydroxyl groups excluding tert-OH is 1. The standard InChI is InChI=1S/C10H20N2O2/c1-8(11)10(14)12-6-3-2-4-9(12)5-7-13/h8-9,13H,2-7,11H2,1H3. The van der Waals surface area contributed by atoms with Gasteiger partial charge >= 0.3 is 0 Å². The molecule has 14 heavy (non-hydrogen) atoms. The van der Waals surface area contributed by atoms with Crippen LogP contribution in [0, 0.1) is 0 Å². The van der Waals surface area contributed by atoms with Gasteiger partial charge in [0.25, 0.3) is 0 Å². The van der Waals surface area contributed by atoms with Crippen molar-refractivity contribution in [2.24, 2.45) is 5.73 Å². The first kappa shape index (κ1) is 11.5. The molecule has 1 aliphatic rings. The van der Waals surface area contributed by atoms with E-state index in [4.69, 9.17) is 10.8 Å². The molecular formula is C10H20N2O2. The molecule has 0 bridgehead atoms. The van der Waals surface area contributed by atoms with Crippen molar-refractivity contribution >= 4 is 5.91 Å². The van der Waals surface area contributed by atoms with Crippen molar-refractivity contribution in [3.05, 3.63) is 0 Å². The molecular weight excluding hydrogens is 180 g/mol. The number of piperidine rings is 1. The molecule has 1 heterocycles. The highest BCUT2D eigenvalue weighted by atomic mass is 16.3. The van der Waals surface area contributed by atoms with E-state index < -0.39 is 6.04 Å². The normalized spacial score (nSPS) is 24.8. The number of carbonyl (C=O) groups excluding carboxylic acids is 1. The van der Waals surface area contributed by atoms with Crippen LogP contribution in [0.5, 0.6) is 0 Å². The Balaban J connectivity index is 2.57. The fourth-order valence-electron chi connectivity index (χ4n) is 2.00. The predicted octanol–water partition coefficient (Wildman–Crippen LogP) is 0.0971. The molecule has 0 aliphatic carbocycles. The van der Waals surface area contributed by atoms with Gasteiger partial charge in [0.15, 0.2) is 0 Å². The second-order valence-electron chi connectivity index (χ2n) is 3.98. The minimum absolute atomic E-state index is 0.0168. The van der Waals surface area contributed by atoms with Crippen LogP contribution in [0.3, 0.4) is 0 Å². The largest absolute Gasteiger partial charge is 0.396 e. The summed E-state index contributed by atoms with van der Waals surface area (Å²) in [5.74, 6) is 0.0168. The molecule has 0 radical (unpaired) electrons. The van der Waals surface area contributed by atoms with Crippen LogP contribution in [-0.2, 0) is 4.79 Å². The highest BCUT2D eigenvalue weighted by molar-refractivity contribution is 5.81. The molecule has 1 fully saturated rings. The minimum atomic E-state index is -0.422. The van der Waals surface area contributed by atoms with Gasteiger partial charge in [0.2, 0.25) is 5.91 Å². The van der Waals surface area contributed by atoms with Crippen LogP contribution in [-0.4, -0.2) is 41.1 Å². The Kier molecular flexibility index (Phi) is 4.35. The zero-order chi connectivity index (χ0) is 10.6. The van der Waals surface area contributed by atoms with Crippen LogP contribution in [0.25, 0.3) is 0 Å². The SMILES string of the molecule is CC(N)C(=O)N1CCCCC1CCO. The smallest absolute Gasteiger partial charge is 0.239 e. The highest BCUT2D eigenvalue weighted by Gasteiger charge is 2.27. The molecule has 0 aromatic rings. The van der Waals surface area contributed by atoms with Crippen molar-refractivity contribution in [2.75, 3.05) is 13.2 Å². The molecule has 82 valence electrons. The van der Waals surface area contributed by atoms with E-state index in [9.17, 15) is 4.79 Å². The molecule has 1 aliphatic heterocycles. The van der Waals surface area contributed by atoms with Crippen LogP contribution in [0.1, 0.15) is 32.6 Å². The number of hydrogen-bond donors (Lipinski definition) is 2. The molecule has 4 nitrogen and oxygen atoms in total. The molecule has 1 amide bonds. The summed E-state index contributed by atoms with van der Waals surface area (Å²) < 4.78 is 0. The van der Waals surface area contributed by atoms with Gasteiger partial charge < -0.3 is 15.7 Å². The first-order chi connectivity index (χ1) is 6.66. The zero-order valence-corrected chi connectivity index (χ0v) is 8.78. The van der Waals surface area contributed by atoms with E-state index >= 15 is 0 Å². The monoisotopic (exact) mass is 200 g/mol. The van der Waals surface area contributed by atoms with Gasteiger partial charge in [0.1, 0.15) is 0 Å². The Labute approximate surface area is 85.1 Å². The Hall–Kier alpha value is -0.610. The van der Waals surface area contributed by atoms with E-state index in [0.717, 1.165) is 25.8 Å². The van der Waals surface area contributed by atoms with Gasteiger partial charge in [-0.2, -0.15) is 0 Å². The molecule has 4 heteroatoms. The van der Waals surface area contributed by atoms with Gasteiger partial charge in [-0.3, -0.25) is 4.79 Å². The summed E-state index contributed by atoms with van der Waals surface area (Å²) >= 11 is 0. The average molecular weight is 200 g/mol. The van der Waals surface area contributed by atoms with Crippen LogP contribution in [0.2, 0.25) is 0 Å². The van der Waals surface area contributed by atoms with E-state index in [1.165, 1.54) is 0 Å². The van der Waals surface area contributed by atoms with Crippen LogP contribution < -0.4 is 5.73 Å². The van der Waals surface area contributed by atoms with Crippen molar-refractivity contribution in [1.82, 2.24) is 4.90 Å². The van der Waals surface area contributed by atoms with Crippen LogP contribution >= 0.6 is 0 Å². The fraction of sp³-hybridized carbons (Fsp3) is 0.900. The lowest BCUT2D eigenvalue weighted by Gasteiger charge is -2.36.